The fourth-order valence-corrected chi connectivity index (χ4v) is 7.04. The van der Waals surface area contributed by atoms with E-state index in [1.54, 1.807) is 43.3 Å². The molecule has 21 nitrogen and oxygen atoms in total. The van der Waals surface area contributed by atoms with Gasteiger partial charge in [0.25, 0.3) is 0 Å². The number of imidazole rings is 1. The van der Waals surface area contributed by atoms with Crippen LogP contribution in [-0.2, 0) is 34.3 Å². The van der Waals surface area contributed by atoms with E-state index in [0.717, 1.165) is 10.1 Å². The molecule has 0 aliphatic carbocycles. The van der Waals surface area contributed by atoms with Crippen molar-refractivity contribution in [2.45, 2.75) is 61.5 Å². The van der Waals surface area contributed by atoms with Crippen molar-refractivity contribution < 1.29 is 48.1 Å². The monoisotopic (exact) mass is 749 g/mol. The molecule has 6 rings (SSSR count). The number of phosphoric acid groups is 1. The Hall–Kier alpha value is -4.41. The van der Waals surface area contributed by atoms with Crippen LogP contribution in [0.3, 0.4) is 0 Å². The van der Waals surface area contributed by atoms with Gasteiger partial charge in [-0.05, 0) is 18.1 Å². The van der Waals surface area contributed by atoms with Crippen molar-refractivity contribution in [3.05, 3.63) is 71.3 Å². The van der Waals surface area contributed by atoms with Crippen LogP contribution in [0.5, 0.6) is 0 Å². The number of aromatic nitrogens is 6. The highest BCUT2D eigenvalue weighted by molar-refractivity contribution is 7.47. The predicted molar refractivity (Wildman–Crippen MR) is 180 cm³/mol. The molecule has 2 aliphatic rings. The van der Waals surface area contributed by atoms with E-state index in [-0.39, 0.29) is 12.2 Å². The number of hydrogen-bond acceptors (Lipinski definition) is 17. The van der Waals surface area contributed by atoms with Crippen LogP contribution in [0.4, 0.5) is 11.6 Å². The van der Waals surface area contributed by atoms with Gasteiger partial charge in [-0.15, -0.1) is 0 Å². The van der Waals surface area contributed by atoms with Gasteiger partial charge in [0, 0.05) is 20.3 Å². The number of phosphoric ester groups is 1. The quantitative estimate of drug-likeness (QED) is 0.0563. The van der Waals surface area contributed by atoms with Crippen molar-refractivity contribution in [2.24, 2.45) is 5.73 Å². The Morgan fingerprint density at radius 3 is 2.48 bits per heavy atom. The summed E-state index contributed by atoms with van der Waals surface area (Å²) in [5.41, 5.74) is 12.3. The molecule has 2 aliphatic heterocycles. The highest BCUT2D eigenvalue weighted by Crippen LogP contribution is 2.49. The number of aliphatic hydroxyl groups is 3. The van der Waals surface area contributed by atoms with E-state index < -0.39 is 87.7 Å². The van der Waals surface area contributed by atoms with Crippen LogP contribution >= 0.6 is 7.82 Å². The van der Waals surface area contributed by atoms with Gasteiger partial charge in [-0.25, -0.2) is 24.3 Å². The number of ether oxygens (including phenoxy) is 2. The molecular formula is C30H39N10O11P. The first kappa shape index (κ1) is 37.4. The van der Waals surface area contributed by atoms with Crippen molar-refractivity contribution in [2.75, 3.05) is 37.9 Å². The average Bonchev–Trinajstić information content (AvgIpc) is 3.77. The Balaban J connectivity index is 1.21. The Kier molecular flexibility index (Phi) is 11.0. The lowest BCUT2D eigenvalue weighted by molar-refractivity contribution is -0.124. The van der Waals surface area contributed by atoms with Gasteiger partial charge in [-0.1, -0.05) is 30.3 Å². The largest absolute Gasteiger partial charge is 0.472 e. The molecule has 0 radical (unpaired) electrons. The summed E-state index contributed by atoms with van der Waals surface area (Å²) in [4.78, 5) is 54.7. The molecule has 3 aromatic heterocycles. The molecule has 0 bridgehead atoms. The highest BCUT2D eigenvalue weighted by atomic mass is 31.2. The molecular weight excluding hydrogens is 710 g/mol. The lowest BCUT2D eigenvalue weighted by Crippen LogP contribution is -2.53. The smallest absolute Gasteiger partial charge is 0.394 e. The van der Waals surface area contributed by atoms with E-state index in [2.05, 4.69) is 25.3 Å². The molecule has 4 aromatic rings. The molecule has 10 atom stereocenters. The number of carbonyl (C=O) groups excluding carboxylic acids is 1. The van der Waals surface area contributed by atoms with E-state index in [4.69, 9.17) is 30.0 Å². The van der Waals surface area contributed by atoms with E-state index in [1.807, 2.05) is 6.07 Å². The molecule has 5 heterocycles. The SMILES string of the molecule is CN(C)c1ncnc2c1ncn2[C@@H]1O[C@H](COP(=O)(O)O[C@H]2[C@@H](O)[C@H](n3ccc([15NH2])[15n]c3=O)O[C@@H]2CO)[C@@H](NC(=O)[C@@H]([15NH2])Cc2ccccc2)[C@H]1O. The first-order chi connectivity index (χ1) is 24.8. The number of anilines is 2. The van der Waals surface area contributed by atoms with Gasteiger partial charge in [0.1, 0.15) is 42.7 Å². The van der Waals surface area contributed by atoms with Gasteiger partial charge in [-0.2, -0.15) is 4.98 Å². The number of amides is 1. The molecule has 2 saturated heterocycles. The molecule has 1 amide bonds. The Morgan fingerprint density at radius 1 is 1.08 bits per heavy atom. The summed E-state index contributed by atoms with van der Waals surface area (Å²) in [6.45, 7) is -1.51. The summed E-state index contributed by atoms with van der Waals surface area (Å²) in [5, 5.41) is 35.1. The average molecular weight is 750 g/mol. The molecule has 9 N–H and O–H groups in total. The molecule has 280 valence electrons. The molecule has 0 saturated carbocycles. The number of nitrogens with two attached hydrogens (primary N) is 2. The van der Waals surface area contributed by atoms with Gasteiger partial charge in [0.05, 0.1) is 31.6 Å². The lowest BCUT2D eigenvalue weighted by Gasteiger charge is -2.25. The van der Waals surface area contributed by atoms with Gasteiger partial charge in [-0.3, -0.25) is 23.0 Å². The van der Waals surface area contributed by atoms with Crippen LogP contribution in [0.2, 0.25) is 0 Å². The second-order valence-electron chi connectivity index (χ2n) is 12.4. The summed E-state index contributed by atoms with van der Waals surface area (Å²) in [6.07, 6.45) is -6.18. The maximum absolute atomic E-state index is 13.3. The molecule has 22 heteroatoms. The summed E-state index contributed by atoms with van der Waals surface area (Å²) < 4.78 is 37.8. The number of benzene rings is 1. The Bertz CT molecular complexity index is 1980. The third-order valence-corrected chi connectivity index (χ3v) is 9.61. The first-order valence-electron chi connectivity index (χ1n) is 16.0. The van der Waals surface area contributed by atoms with Crippen molar-refractivity contribution in [1.29, 1.82) is 0 Å². The van der Waals surface area contributed by atoms with Crippen LogP contribution in [0.1, 0.15) is 18.0 Å². The van der Waals surface area contributed by atoms with Crippen LogP contribution < -0.4 is 27.4 Å². The maximum Gasteiger partial charge on any atom is 0.472 e. The van der Waals surface area contributed by atoms with Gasteiger partial charge < -0.3 is 51.4 Å². The van der Waals surface area contributed by atoms with Crippen molar-refractivity contribution in [1.82, 2.24) is 34.4 Å². The minimum absolute atomic E-state index is 0.0875. The van der Waals surface area contributed by atoms with Crippen LogP contribution in [0, 0.1) is 0 Å². The zero-order chi connectivity index (χ0) is 37.3. The van der Waals surface area contributed by atoms with Gasteiger partial charge in [0.2, 0.25) is 5.91 Å². The lowest BCUT2D eigenvalue weighted by atomic mass is 10.0. The van der Waals surface area contributed by atoms with Gasteiger partial charge >= 0.3 is 13.5 Å². The maximum atomic E-state index is 13.3. The fourth-order valence-electron chi connectivity index (χ4n) is 6.08. The van der Waals surface area contributed by atoms with E-state index in [9.17, 15) is 34.4 Å². The predicted octanol–water partition coefficient (Wildman–Crippen LogP) is -2.20. The highest BCUT2D eigenvalue weighted by Gasteiger charge is 2.51. The summed E-state index contributed by atoms with van der Waals surface area (Å²) in [7, 11) is -1.59. The zero-order valence-corrected chi connectivity index (χ0v) is 28.8. The van der Waals surface area contributed by atoms with Crippen molar-refractivity contribution >= 4 is 36.5 Å². The summed E-state index contributed by atoms with van der Waals surface area (Å²) >= 11 is 0. The van der Waals surface area contributed by atoms with E-state index in [0.29, 0.717) is 17.0 Å². The molecule has 1 aromatic carbocycles. The molecule has 0 spiro atoms. The molecule has 2 fully saturated rings. The molecule has 1 unspecified atom stereocenters. The number of hydrogen-bond donors (Lipinski definition) is 7. The zero-order valence-electron chi connectivity index (χ0n) is 27.9. The molecule has 52 heavy (non-hydrogen) atoms. The van der Waals surface area contributed by atoms with Gasteiger partial charge in [0.15, 0.2) is 29.4 Å². The van der Waals surface area contributed by atoms with Crippen molar-refractivity contribution in [3.8, 4) is 0 Å². The van der Waals surface area contributed by atoms with Crippen molar-refractivity contribution in [3.63, 3.8) is 0 Å². The minimum Gasteiger partial charge on any atom is -0.394 e. The van der Waals surface area contributed by atoms with Crippen LogP contribution in [-0.4, -0.2) is 125 Å². The summed E-state index contributed by atoms with van der Waals surface area (Å²) in [6, 6.07) is 8.03. The second-order valence-corrected chi connectivity index (χ2v) is 13.8. The summed E-state index contributed by atoms with van der Waals surface area (Å²) in [5.74, 6) is -0.241. The standard InChI is InChI=1S/C30H39N10O11P/c1-38(2)25-21-26(34-13-33-25)40(14-35-21)28-22(42)20(37-27(44)16(31)10-15-6-4-3-5-7-15)18(50-28)12-48-52(46,47)51-24-17(11-41)49-29(23(24)43)39-9-8-19(32)36-30(39)45/h3-9,13-14,16-18,20,22-24,28-29,41-43H,10-12,31H2,1-2H3,(H,37,44)(H,46,47)(H2,32,36,45)/t16-,17+,18+,20+,22+,23+,24+,28+,29+/m0/s1/i31+1,32+1,36+1. The fraction of sp³-hybridized carbons (Fsp3) is 0.467. The Morgan fingerprint density at radius 2 is 1.79 bits per heavy atom. The number of fused-ring (bicyclic) bond motifs is 1. The van der Waals surface area contributed by atoms with E-state index >= 15 is 0 Å². The number of nitrogen functional groups attached to an aromatic ring is 1. The third kappa shape index (κ3) is 7.69. The van der Waals surface area contributed by atoms with Crippen LogP contribution in [0.25, 0.3) is 11.2 Å². The number of nitrogens with zero attached hydrogens (tertiary/aromatic N) is 7. The van der Waals surface area contributed by atoms with Crippen LogP contribution in [0.15, 0.2) is 60.0 Å². The Labute approximate surface area is 295 Å². The number of carbonyl (C=O) groups is 1. The number of aliphatic hydroxyl groups excluding tert-OH is 3. The normalized spacial score (nSPS) is 27.8. The number of nitrogens with one attached hydrogen (secondary N) is 1. The number of rotatable bonds is 13. The topological polar surface area (TPSA) is 298 Å². The minimum atomic E-state index is -5.12. The van der Waals surface area contributed by atoms with E-state index in [1.165, 1.54) is 29.5 Å². The third-order valence-electron chi connectivity index (χ3n) is 8.63. The second kappa shape index (κ2) is 15.3. The first-order valence-corrected chi connectivity index (χ1v) is 17.5.